The van der Waals surface area contributed by atoms with Crippen LogP contribution in [0.5, 0.6) is 17.2 Å². The largest absolute Gasteiger partial charge is 0.497 e. The van der Waals surface area contributed by atoms with Crippen LogP contribution in [0.25, 0.3) is 12.2 Å². The van der Waals surface area contributed by atoms with E-state index in [1.54, 1.807) is 14.2 Å². The average Bonchev–Trinajstić information content (AvgIpc) is 2.89. The molecule has 35 heavy (non-hydrogen) atoms. The molecular formula is C29H34N2O4. The number of benzene rings is 3. The van der Waals surface area contributed by atoms with E-state index in [2.05, 4.69) is 29.4 Å². The summed E-state index contributed by atoms with van der Waals surface area (Å²) in [6.45, 7) is 2.43. The van der Waals surface area contributed by atoms with Crippen molar-refractivity contribution in [3.8, 4) is 17.2 Å². The Hall–Kier alpha value is -3.77. The molecule has 0 spiro atoms. The summed E-state index contributed by atoms with van der Waals surface area (Å²) in [7, 11) is 5.35. The van der Waals surface area contributed by atoms with Gasteiger partial charge in [0.2, 0.25) is 0 Å². The monoisotopic (exact) mass is 474 g/mol. The highest BCUT2D eigenvalue weighted by Crippen LogP contribution is 2.24. The van der Waals surface area contributed by atoms with E-state index in [-0.39, 0.29) is 12.5 Å². The van der Waals surface area contributed by atoms with E-state index in [9.17, 15) is 4.79 Å². The topological polar surface area (TPSA) is 60.0 Å². The first-order valence-corrected chi connectivity index (χ1v) is 11.7. The van der Waals surface area contributed by atoms with Gasteiger partial charge >= 0.3 is 0 Å². The Labute approximate surface area is 208 Å². The highest BCUT2D eigenvalue weighted by atomic mass is 16.5. The zero-order valence-corrected chi connectivity index (χ0v) is 20.7. The van der Waals surface area contributed by atoms with E-state index in [1.807, 2.05) is 72.8 Å². The minimum absolute atomic E-state index is 0.00134. The first-order chi connectivity index (χ1) is 17.1. The minimum Gasteiger partial charge on any atom is -0.497 e. The lowest BCUT2D eigenvalue weighted by atomic mass is 10.1. The number of nitrogens with one attached hydrogen (secondary N) is 1. The smallest absolute Gasteiger partial charge is 0.257 e. The molecule has 3 aromatic rings. The summed E-state index contributed by atoms with van der Waals surface area (Å²) >= 11 is 0. The predicted octanol–water partition coefficient (Wildman–Crippen LogP) is 4.89. The summed E-state index contributed by atoms with van der Waals surface area (Å²) in [5, 5.41) is 2.92. The number of nitrogens with zero attached hydrogens (tertiary/aromatic N) is 1. The van der Waals surface area contributed by atoms with Crippen molar-refractivity contribution in [2.45, 2.75) is 13.0 Å². The van der Waals surface area contributed by atoms with Gasteiger partial charge in [0.15, 0.2) is 6.61 Å². The maximum atomic E-state index is 12.1. The van der Waals surface area contributed by atoms with Crippen molar-refractivity contribution in [1.29, 1.82) is 0 Å². The Morgan fingerprint density at radius 3 is 2.17 bits per heavy atom. The van der Waals surface area contributed by atoms with Crippen LogP contribution >= 0.6 is 0 Å². The van der Waals surface area contributed by atoms with Crippen molar-refractivity contribution in [2.75, 3.05) is 41.0 Å². The van der Waals surface area contributed by atoms with Gasteiger partial charge in [0.05, 0.1) is 14.2 Å². The lowest BCUT2D eigenvalue weighted by molar-refractivity contribution is -0.123. The van der Waals surface area contributed by atoms with Crippen LogP contribution in [0.3, 0.4) is 0 Å². The Kier molecular flexibility index (Phi) is 10.2. The molecule has 184 valence electrons. The number of amides is 1. The quantitative estimate of drug-likeness (QED) is 0.282. The van der Waals surface area contributed by atoms with Gasteiger partial charge in [0.1, 0.15) is 17.2 Å². The maximum Gasteiger partial charge on any atom is 0.257 e. The molecule has 3 aromatic carbocycles. The Morgan fingerprint density at radius 2 is 1.51 bits per heavy atom. The second-order valence-corrected chi connectivity index (χ2v) is 8.26. The van der Waals surface area contributed by atoms with Crippen molar-refractivity contribution in [1.82, 2.24) is 10.2 Å². The third kappa shape index (κ3) is 9.18. The Balaban J connectivity index is 1.36. The van der Waals surface area contributed by atoms with Crippen molar-refractivity contribution >= 4 is 18.1 Å². The van der Waals surface area contributed by atoms with Crippen LogP contribution in [0, 0.1) is 0 Å². The molecule has 0 aliphatic rings. The number of carbonyl (C=O) groups excluding carboxylic acids is 1. The van der Waals surface area contributed by atoms with Crippen LogP contribution in [-0.4, -0.2) is 51.8 Å². The van der Waals surface area contributed by atoms with Crippen LogP contribution in [0.1, 0.15) is 23.1 Å². The van der Waals surface area contributed by atoms with E-state index in [4.69, 9.17) is 14.2 Å². The molecule has 0 radical (unpaired) electrons. The van der Waals surface area contributed by atoms with Crippen LogP contribution in [0.15, 0.2) is 72.8 Å². The summed E-state index contributed by atoms with van der Waals surface area (Å²) in [4.78, 5) is 14.4. The fraction of sp³-hybridized carbons (Fsp3) is 0.276. The number of methoxy groups -OCH3 is 2. The van der Waals surface area contributed by atoms with E-state index >= 15 is 0 Å². The van der Waals surface area contributed by atoms with E-state index in [0.717, 1.165) is 42.1 Å². The molecule has 6 heteroatoms. The molecule has 0 saturated heterocycles. The van der Waals surface area contributed by atoms with Crippen molar-refractivity contribution in [3.63, 3.8) is 0 Å². The molecule has 0 aliphatic carbocycles. The molecule has 0 fully saturated rings. The zero-order valence-electron chi connectivity index (χ0n) is 20.7. The molecule has 0 aliphatic heterocycles. The summed E-state index contributed by atoms with van der Waals surface area (Å²) in [5.41, 5.74) is 3.28. The molecule has 0 saturated carbocycles. The van der Waals surface area contributed by atoms with Gasteiger partial charge in [-0.25, -0.2) is 0 Å². The number of hydrogen-bond donors (Lipinski definition) is 1. The van der Waals surface area contributed by atoms with Crippen molar-refractivity contribution in [2.24, 2.45) is 0 Å². The van der Waals surface area contributed by atoms with Gasteiger partial charge in [-0.15, -0.1) is 0 Å². The van der Waals surface area contributed by atoms with Gasteiger partial charge < -0.3 is 24.4 Å². The molecule has 0 heterocycles. The third-order valence-electron chi connectivity index (χ3n) is 5.43. The van der Waals surface area contributed by atoms with Gasteiger partial charge in [-0.3, -0.25) is 4.79 Å². The summed E-state index contributed by atoms with van der Waals surface area (Å²) in [6.07, 6.45) is 4.88. The van der Waals surface area contributed by atoms with Crippen LogP contribution in [0.4, 0.5) is 0 Å². The molecule has 1 N–H and O–H groups in total. The highest BCUT2D eigenvalue weighted by Gasteiger charge is 2.04. The fourth-order valence-electron chi connectivity index (χ4n) is 3.54. The minimum atomic E-state index is -0.119. The normalized spacial score (nSPS) is 11.0. The first-order valence-electron chi connectivity index (χ1n) is 11.7. The first kappa shape index (κ1) is 25.8. The molecule has 6 nitrogen and oxygen atoms in total. The predicted molar refractivity (Wildman–Crippen MR) is 141 cm³/mol. The number of rotatable bonds is 13. The van der Waals surface area contributed by atoms with E-state index < -0.39 is 0 Å². The number of hydrogen-bond acceptors (Lipinski definition) is 5. The zero-order chi connectivity index (χ0) is 24.9. The fourth-order valence-corrected chi connectivity index (χ4v) is 3.54. The van der Waals surface area contributed by atoms with Gasteiger partial charge in [0.25, 0.3) is 5.91 Å². The summed E-state index contributed by atoms with van der Waals surface area (Å²) in [5.74, 6) is 2.02. The van der Waals surface area contributed by atoms with Crippen LogP contribution in [0.2, 0.25) is 0 Å². The molecule has 0 unspecified atom stereocenters. The van der Waals surface area contributed by atoms with Gasteiger partial charge in [-0.05, 0) is 61.0 Å². The second kappa shape index (κ2) is 13.8. The molecule has 3 rings (SSSR count). The lowest BCUT2D eigenvalue weighted by Crippen LogP contribution is -2.31. The standard InChI is InChI=1S/C29H34N2O4/c1-31(21-24-8-5-4-6-9-24)17-7-16-30-29(32)22-35-26-14-12-23(13-15-26)10-11-25-18-27(33-2)20-28(19-25)34-3/h4-6,8-15,18-20H,7,16-17,21-22H2,1-3H3,(H,30,32)/b11-10+. The molecule has 0 atom stereocenters. The van der Waals surface area contributed by atoms with Crippen LogP contribution in [-0.2, 0) is 11.3 Å². The summed E-state index contributed by atoms with van der Waals surface area (Å²) in [6, 6.07) is 23.7. The SMILES string of the molecule is COc1cc(/C=C/c2ccc(OCC(=O)NCCCN(C)Cc3ccccc3)cc2)cc(OC)c1. The molecule has 1 amide bonds. The summed E-state index contributed by atoms with van der Waals surface area (Å²) < 4.78 is 16.2. The second-order valence-electron chi connectivity index (χ2n) is 8.26. The molecule has 0 aromatic heterocycles. The van der Waals surface area contributed by atoms with Gasteiger partial charge in [-0.2, -0.15) is 0 Å². The van der Waals surface area contributed by atoms with Crippen molar-refractivity contribution in [3.05, 3.63) is 89.5 Å². The van der Waals surface area contributed by atoms with E-state index in [0.29, 0.717) is 12.3 Å². The third-order valence-corrected chi connectivity index (χ3v) is 5.43. The van der Waals surface area contributed by atoms with Gasteiger partial charge in [0, 0.05) is 19.2 Å². The highest BCUT2D eigenvalue weighted by molar-refractivity contribution is 5.77. The van der Waals surface area contributed by atoms with Crippen molar-refractivity contribution < 1.29 is 19.0 Å². The Morgan fingerprint density at radius 1 is 0.857 bits per heavy atom. The van der Waals surface area contributed by atoms with Gasteiger partial charge in [-0.1, -0.05) is 54.6 Å². The number of ether oxygens (including phenoxy) is 3. The molecule has 0 bridgehead atoms. The number of carbonyl (C=O) groups is 1. The Bertz CT molecular complexity index is 1060. The maximum absolute atomic E-state index is 12.1. The van der Waals surface area contributed by atoms with E-state index in [1.165, 1.54) is 5.56 Å². The van der Waals surface area contributed by atoms with Crippen LogP contribution < -0.4 is 19.5 Å². The average molecular weight is 475 g/mol. The molecular weight excluding hydrogens is 440 g/mol. The lowest BCUT2D eigenvalue weighted by Gasteiger charge is -2.16.